The zero-order valence-electron chi connectivity index (χ0n) is 15.1. The predicted molar refractivity (Wildman–Crippen MR) is 104 cm³/mol. The Labute approximate surface area is 152 Å². The molecule has 0 bridgehead atoms. The Morgan fingerprint density at radius 3 is 2.23 bits per heavy atom. The molecule has 0 N–H and O–H groups in total. The predicted octanol–water partition coefficient (Wildman–Crippen LogP) is 5.02. The van der Waals surface area contributed by atoms with Gasteiger partial charge in [0.25, 0.3) is 0 Å². The van der Waals surface area contributed by atoms with E-state index in [0.29, 0.717) is 0 Å². The Bertz CT molecular complexity index is 1050. The SMILES string of the molecule is COc1cc(OC)c2c(-c3ccc(C)cc3)nn(-c3ccccc3)c2c1. The molecule has 26 heavy (non-hydrogen) atoms. The highest BCUT2D eigenvalue weighted by Gasteiger charge is 2.19. The topological polar surface area (TPSA) is 36.3 Å². The van der Waals surface area contributed by atoms with Gasteiger partial charge in [-0.15, -0.1) is 0 Å². The molecule has 0 aliphatic carbocycles. The molecule has 4 aromatic rings. The minimum Gasteiger partial charge on any atom is -0.497 e. The van der Waals surface area contributed by atoms with Crippen LogP contribution in [-0.4, -0.2) is 24.0 Å². The average Bonchev–Trinajstić information content (AvgIpc) is 3.08. The molecule has 130 valence electrons. The van der Waals surface area contributed by atoms with Crippen molar-refractivity contribution in [1.82, 2.24) is 9.78 Å². The van der Waals surface area contributed by atoms with Crippen molar-refractivity contribution in [2.45, 2.75) is 6.92 Å². The van der Waals surface area contributed by atoms with Crippen molar-refractivity contribution in [3.63, 3.8) is 0 Å². The van der Waals surface area contributed by atoms with E-state index in [-0.39, 0.29) is 0 Å². The lowest BCUT2D eigenvalue weighted by molar-refractivity contribution is 0.398. The van der Waals surface area contributed by atoms with Crippen LogP contribution in [0.5, 0.6) is 11.5 Å². The minimum absolute atomic E-state index is 0.738. The number of aromatic nitrogens is 2. The van der Waals surface area contributed by atoms with E-state index in [2.05, 4.69) is 31.2 Å². The van der Waals surface area contributed by atoms with Crippen LogP contribution in [0.25, 0.3) is 27.8 Å². The number of methoxy groups -OCH3 is 2. The molecule has 0 saturated carbocycles. The van der Waals surface area contributed by atoms with Gasteiger partial charge >= 0.3 is 0 Å². The van der Waals surface area contributed by atoms with Gasteiger partial charge in [-0.25, -0.2) is 4.68 Å². The Kier molecular flexibility index (Phi) is 4.09. The molecule has 1 heterocycles. The normalized spacial score (nSPS) is 10.9. The molecule has 1 aromatic heterocycles. The molecule has 4 nitrogen and oxygen atoms in total. The van der Waals surface area contributed by atoms with Crippen molar-refractivity contribution in [2.75, 3.05) is 14.2 Å². The lowest BCUT2D eigenvalue weighted by Gasteiger charge is -2.08. The number of fused-ring (bicyclic) bond motifs is 1. The van der Waals surface area contributed by atoms with Gasteiger partial charge in [0.2, 0.25) is 0 Å². The molecular weight excluding hydrogens is 324 g/mol. The van der Waals surface area contributed by atoms with E-state index in [4.69, 9.17) is 14.6 Å². The number of para-hydroxylation sites is 1. The third-order valence-electron chi connectivity index (χ3n) is 4.50. The summed E-state index contributed by atoms with van der Waals surface area (Å²) in [6, 6.07) is 22.4. The number of hydrogen-bond acceptors (Lipinski definition) is 3. The Balaban J connectivity index is 2.07. The number of benzene rings is 3. The van der Waals surface area contributed by atoms with Gasteiger partial charge in [0.05, 0.1) is 30.8 Å². The summed E-state index contributed by atoms with van der Waals surface area (Å²) in [5.41, 5.74) is 5.10. The smallest absolute Gasteiger partial charge is 0.134 e. The Morgan fingerprint density at radius 2 is 1.58 bits per heavy atom. The lowest BCUT2D eigenvalue weighted by atomic mass is 10.1. The van der Waals surface area contributed by atoms with Gasteiger partial charge in [0.1, 0.15) is 17.2 Å². The van der Waals surface area contributed by atoms with Gasteiger partial charge in [-0.05, 0) is 19.1 Å². The van der Waals surface area contributed by atoms with Crippen LogP contribution in [0, 0.1) is 6.92 Å². The molecule has 0 radical (unpaired) electrons. The number of hydrogen-bond donors (Lipinski definition) is 0. The second-order valence-electron chi connectivity index (χ2n) is 6.19. The first-order chi connectivity index (χ1) is 12.7. The van der Waals surface area contributed by atoms with Crippen LogP contribution in [0.1, 0.15) is 5.56 Å². The van der Waals surface area contributed by atoms with Crippen molar-refractivity contribution in [2.24, 2.45) is 0 Å². The Morgan fingerprint density at radius 1 is 0.846 bits per heavy atom. The number of nitrogens with zero attached hydrogens (tertiary/aromatic N) is 2. The van der Waals surface area contributed by atoms with Crippen molar-refractivity contribution < 1.29 is 9.47 Å². The van der Waals surface area contributed by atoms with Gasteiger partial charge in [-0.2, -0.15) is 5.10 Å². The third-order valence-corrected chi connectivity index (χ3v) is 4.50. The molecule has 4 heteroatoms. The van der Waals surface area contributed by atoms with Crippen molar-refractivity contribution in [1.29, 1.82) is 0 Å². The molecular formula is C22H20N2O2. The van der Waals surface area contributed by atoms with Crippen LogP contribution in [-0.2, 0) is 0 Å². The van der Waals surface area contributed by atoms with E-state index in [1.165, 1.54) is 5.56 Å². The summed E-state index contributed by atoms with van der Waals surface area (Å²) >= 11 is 0. The number of rotatable bonds is 4. The standard InChI is InChI=1S/C22H20N2O2/c1-15-9-11-16(12-10-15)22-21-19(13-18(25-2)14-20(21)26-3)24(23-22)17-7-5-4-6-8-17/h4-14H,1-3H3. The van der Waals surface area contributed by atoms with E-state index in [9.17, 15) is 0 Å². The first kappa shape index (κ1) is 16.2. The summed E-state index contributed by atoms with van der Waals surface area (Å²) in [5, 5.41) is 5.90. The van der Waals surface area contributed by atoms with E-state index < -0.39 is 0 Å². The summed E-state index contributed by atoms with van der Waals surface area (Å²) in [5.74, 6) is 1.49. The average molecular weight is 344 g/mol. The van der Waals surface area contributed by atoms with Crippen LogP contribution in [0.4, 0.5) is 0 Å². The van der Waals surface area contributed by atoms with Crippen LogP contribution in [0.15, 0.2) is 66.7 Å². The fraction of sp³-hybridized carbons (Fsp3) is 0.136. The maximum atomic E-state index is 5.67. The summed E-state index contributed by atoms with van der Waals surface area (Å²) in [7, 11) is 3.33. The summed E-state index contributed by atoms with van der Waals surface area (Å²) in [6.45, 7) is 2.08. The summed E-state index contributed by atoms with van der Waals surface area (Å²) in [6.07, 6.45) is 0. The van der Waals surface area contributed by atoms with Gasteiger partial charge in [0, 0.05) is 17.7 Å². The fourth-order valence-electron chi connectivity index (χ4n) is 3.14. The fourth-order valence-corrected chi connectivity index (χ4v) is 3.14. The summed E-state index contributed by atoms with van der Waals surface area (Å²) < 4.78 is 13.1. The summed E-state index contributed by atoms with van der Waals surface area (Å²) in [4.78, 5) is 0. The first-order valence-electron chi connectivity index (χ1n) is 8.48. The van der Waals surface area contributed by atoms with Crippen molar-refractivity contribution >= 4 is 10.9 Å². The molecule has 0 aliphatic heterocycles. The van der Waals surface area contributed by atoms with Gasteiger partial charge in [-0.1, -0.05) is 48.0 Å². The maximum absolute atomic E-state index is 5.67. The van der Waals surface area contributed by atoms with Crippen LogP contribution in [0.3, 0.4) is 0 Å². The minimum atomic E-state index is 0.738. The van der Waals surface area contributed by atoms with E-state index >= 15 is 0 Å². The quantitative estimate of drug-likeness (QED) is 0.522. The molecule has 0 saturated heterocycles. The number of ether oxygens (including phenoxy) is 2. The van der Waals surface area contributed by atoms with E-state index in [1.54, 1.807) is 14.2 Å². The monoisotopic (exact) mass is 344 g/mol. The van der Waals surface area contributed by atoms with Crippen LogP contribution < -0.4 is 9.47 Å². The molecule has 0 unspecified atom stereocenters. The van der Waals surface area contributed by atoms with E-state index in [1.807, 2.05) is 47.1 Å². The Hall–Kier alpha value is -3.27. The molecule has 4 rings (SSSR count). The maximum Gasteiger partial charge on any atom is 0.134 e. The van der Waals surface area contributed by atoms with Gasteiger partial charge < -0.3 is 9.47 Å². The molecule has 0 amide bonds. The highest BCUT2D eigenvalue weighted by atomic mass is 16.5. The molecule has 0 fully saturated rings. The zero-order chi connectivity index (χ0) is 18.1. The largest absolute Gasteiger partial charge is 0.497 e. The highest BCUT2D eigenvalue weighted by molar-refractivity contribution is 5.99. The second kappa shape index (κ2) is 6.56. The molecule has 0 aliphatic rings. The van der Waals surface area contributed by atoms with Crippen molar-refractivity contribution in [3.05, 3.63) is 72.3 Å². The highest BCUT2D eigenvalue weighted by Crippen LogP contribution is 2.39. The van der Waals surface area contributed by atoms with Crippen LogP contribution in [0.2, 0.25) is 0 Å². The van der Waals surface area contributed by atoms with Crippen LogP contribution >= 0.6 is 0 Å². The zero-order valence-corrected chi connectivity index (χ0v) is 15.1. The lowest BCUT2D eigenvalue weighted by Crippen LogP contribution is -1.96. The van der Waals surface area contributed by atoms with Gasteiger partial charge in [-0.3, -0.25) is 0 Å². The second-order valence-corrected chi connectivity index (χ2v) is 6.19. The number of aryl methyl sites for hydroxylation is 1. The third kappa shape index (κ3) is 2.69. The first-order valence-corrected chi connectivity index (χ1v) is 8.48. The van der Waals surface area contributed by atoms with E-state index in [0.717, 1.165) is 39.3 Å². The van der Waals surface area contributed by atoms with Crippen molar-refractivity contribution in [3.8, 4) is 28.4 Å². The molecule has 3 aromatic carbocycles. The molecule has 0 atom stereocenters. The molecule has 0 spiro atoms. The van der Waals surface area contributed by atoms with Gasteiger partial charge in [0.15, 0.2) is 0 Å².